The van der Waals surface area contributed by atoms with Gasteiger partial charge in [0.25, 0.3) is 11.8 Å². The number of hydrogen-bond donors (Lipinski definition) is 1. The minimum absolute atomic E-state index is 0.0137. The summed E-state index contributed by atoms with van der Waals surface area (Å²) < 4.78 is 41.9. The highest BCUT2D eigenvalue weighted by Gasteiger charge is 2.35. The molecule has 0 bridgehead atoms. The van der Waals surface area contributed by atoms with Crippen molar-refractivity contribution in [2.45, 2.75) is 12.5 Å². The van der Waals surface area contributed by atoms with Crippen molar-refractivity contribution in [2.75, 3.05) is 29.6 Å². The SMILES string of the molecule is O=C(CNC(=O)c1cccc(F)c1)OCC(=O)N(c1ccccc1)C1CCS(=O)(=O)C1. The Morgan fingerprint density at radius 3 is 2.48 bits per heavy atom. The molecule has 2 amide bonds. The molecule has 1 aliphatic heterocycles. The zero-order valence-electron chi connectivity index (χ0n) is 16.5. The summed E-state index contributed by atoms with van der Waals surface area (Å²) in [6.45, 7) is -1.12. The number of ether oxygens (including phenoxy) is 1. The van der Waals surface area contributed by atoms with Gasteiger partial charge in [0, 0.05) is 11.3 Å². The number of amides is 2. The summed E-state index contributed by atoms with van der Waals surface area (Å²) in [5, 5.41) is 2.29. The van der Waals surface area contributed by atoms with Crippen molar-refractivity contribution in [3.8, 4) is 0 Å². The van der Waals surface area contributed by atoms with E-state index in [0.717, 1.165) is 6.07 Å². The van der Waals surface area contributed by atoms with E-state index in [-0.39, 0.29) is 17.1 Å². The normalized spacial score (nSPS) is 17.0. The Morgan fingerprint density at radius 2 is 1.84 bits per heavy atom. The van der Waals surface area contributed by atoms with E-state index in [1.54, 1.807) is 30.3 Å². The molecular formula is C21H21FN2O6S. The summed E-state index contributed by atoms with van der Waals surface area (Å²) >= 11 is 0. The molecule has 1 fully saturated rings. The molecule has 2 aromatic rings. The quantitative estimate of drug-likeness (QED) is 0.640. The second-order valence-electron chi connectivity index (χ2n) is 7.01. The van der Waals surface area contributed by atoms with Crippen LogP contribution in [-0.4, -0.2) is 56.9 Å². The molecule has 0 saturated carbocycles. The van der Waals surface area contributed by atoms with Gasteiger partial charge >= 0.3 is 5.97 Å². The number of esters is 1. The molecule has 0 aromatic heterocycles. The third kappa shape index (κ3) is 6.11. The maximum atomic E-state index is 13.2. The second kappa shape index (κ2) is 9.69. The van der Waals surface area contributed by atoms with Crippen molar-refractivity contribution in [3.63, 3.8) is 0 Å². The molecule has 0 radical (unpaired) electrons. The van der Waals surface area contributed by atoms with Gasteiger partial charge in [-0.15, -0.1) is 0 Å². The summed E-state index contributed by atoms with van der Waals surface area (Å²) in [5.41, 5.74) is 0.548. The summed E-state index contributed by atoms with van der Waals surface area (Å²) in [5.74, 6) is -2.85. The molecule has 1 N–H and O–H groups in total. The van der Waals surface area contributed by atoms with Gasteiger partial charge in [-0.2, -0.15) is 0 Å². The van der Waals surface area contributed by atoms with Crippen molar-refractivity contribution in [1.82, 2.24) is 5.32 Å². The first-order valence-corrected chi connectivity index (χ1v) is 11.3. The molecule has 0 spiro atoms. The van der Waals surface area contributed by atoms with Gasteiger partial charge < -0.3 is 15.0 Å². The number of hydrogen-bond acceptors (Lipinski definition) is 6. The van der Waals surface area contributed by atoms with E-state index in [4.69, 9.17) is 4.74 Å². The van der Waals surface area contributed by atoms with E-state index in [9.17, 15) is 27.2 Å². The first kappa shape index (κ1) is 22.4. The standard InChI is InChI=1S/C21H21FN2O6S/c22-16-6-4-5-15(11-16)21(27)23-12-20(26)30-13-19(25)24(17-7-2-1-3-8-17)18-9-10-31(28,29)14-18/h1-8,11,18H,9-10,12-14H2,(H,23,27). The summed E-state index contributed by atoms with van der Waals surface area (Å²) in [6, 6.07) is 12.9. The molecule has 1 aliphatic rings. The number of sulfone groups is 1. The third-order valence-corrected chi connectivity index (χ3v) is 6.46. The number of carbonyl (C=O) groups is 3. The number of nitrogens with zero attached hydrogens (tertiary/aromatic N) is 1. The highest BCUT2D eigenvalue weighted by Crippen LogP contribution is 2.24. The third-order valence-electron chi connectivity index (χ3n) is 4.71. The highest BCUT2D eigenvalue weighted by molar-refractivity contribution is 7.91. The largest absolute Gasteiger partial charge is 0.454 e. The van der Waals surface area contributed by atoms with Crippen molar-refractivity contribution >= 4 is 33.3 Å². The molecule has 1 heterocycles. The molecular weight excluding hydrogens is 427 g/mol. The molecule has 1 unspecified atom stereocenters. The van der Waals surface area contributed by atoms with Crippen LogP contribution in [0.3, 0.4) is 0 Å². The van der Waals surface area contributed by atoms with Crippen LogP contribution in [0.25, 0.3) is 0 Å². The number of nitrogens with one attached hydrogen (secondary N) is 1. The second-order valence-corrected chi connectivity index (χ2v) is 9.24. The van der Waals surface area contributed by atoms with Crippen LogP contribution in [0.2, 0.25) is 0 Å². The van der Waals surface area contributed by atoms with Crippen LogP contribution < -0.4 is 10.2 Å². The zero-order valence-corrected chi connectivity index (χ0v) is 17.3. The fourth-order valence-corrected chi connectivity index (χ4v) is 4.97. The van der Waals surface area contributed by atoms with Crippen molar-refractivity contribution in [2.24, 2.45) is 0 Å². The van der Waals surface area contributed by atoms with E-state index >= 15 is 0 Å². The minimum atomic E-state index is -3.24. The molecule has 164 valence electrons. The fourth-order valence-electron chi connectivity index (χ4n) is 3.27. The van der Waals surface area contributed by atoms with E-state index in [2.05, 4.69) is 5.32 Å². The predicted octanol–water partition coefficient (Wildman–Crippen LogP) is 1.32. The van der Waals surface area contributed by atoms with E-state index in [1.165, 1.54) is 23.1 Å². The maximum Gasteiger partial charge on any atom is 0.325 e. The van der Waals surface area contributed by atoms with Crippen molar-refractivity contribution < 1.29 is 31.9 Å². The lowest BCUT2D eigenvalue weighted by molar-refractivity contribution is -0.146. The Bertz CT molecular complexity index is 1070. The first-order chi connectivity index (χ1) is 14.7. The molecule has 1 atom stereocenters. The van der Waals surface area contributed by atoms with Gasteiger partial charge in [-0.05, 0) is 36.8 Å². The number of benzene rings is 2. The Morgan fingerprint density at radius 1 is 1.10 bits per heavy atom. The van der Waals surface area contributed by atoms with E-state index < -0.39 is 52.6 Å². The summed E-state index contributed by atoms with van der Waals surface area (Å²) in [4.78, 5) is 38.0. The number of para-hydroxylation sites is 1. The minimum Gasteiger partial charge on any atom is -0.454 e. The first-order valence-electron chi connectivity index (χ1n) is 9.52. The highest BCUT2D eigenvalue weighted by atomic mass is 32.2. The van der Waals surface area contributed by atoms with Gasteiger partial charge in [0.15, 0.2) is 16.4 Å². The Hall–Kier alpha value is -3.27. The monoisotopic (exact) mass is 448 g/mol. The number of anilines is 1. The predicted molar refractivity (Wildman–Crippen MR) is 111 cm³/mol. The maximum absolute atomic E-state index is 13.2. The van der Waals surface area contributed by atoms with Gasteiger partial charge in [-0.25, -0.2) is 12.8 Å². The summed E-state index contributed by atoms with van der Waals surface area (Å²) in [6.07, 6.45) is 0.292. The average Bonchev–Trinajstić information content (AvgIpc) is 3.10. The molecule has 31 heavy (non-hydrogen) atoms. The average molecular weight is 448 g/mol. The molecule has 0 aliphatic carbocycles. The molecule has 10 heteroatoms. The van der Waals surface area contributed by atoms with Crippen molar-refractivity contribution in [3.05, 3.63) is 66.0 Å². The molecule has 8 nitrogen and oxygen atoms in total. The van der Waals surface area contributed by atoms with Crippen LogP contribution in [0.15, 0.2) is 54.6 Å². The van der Waals surface area contributed by atoms with Crippen LogP contribution >= 0.6 is 0 Å². The van der Waals surface area contributed by atoms with Crippen LogP contribution in [0, 0.1) is 5.82 Å². The topological polar surface area (TPSA) is 110 Å². The molecule has 3 rings (SSSR count). The lowest BCUT2D eigenvalue weighted by atomic mass is 10.2. The Kier molecular flexibility index (Phi) is 7.01. The van der Waals surface area contributed by atoms with Crippen LogP contribution in [-0.2, 0) is 24.2 Å². The Labute approximate surface area is 178 Å². The van der Waals surface area contributed by atoms with Crippen LogP contribution in [0.4, 0.5) is 10.1 Å². The smallest absolute Gasteiger partial charge is 0.325 e. The van der Waals surface area contributed by atoms with Crippen molar-refractivity contribution in [1.29, 1.82) is 0 Å². The zero-order chi connectivity index (χ0) is 22.4. The number of halogens is 1. The Balaban J connectivity index is 1.58. The number of rotatable bonds is 7. The lowest BCUT2D eigenvalue weighted by Gasteiger charge is -2.28. The van der Waals surface area contributed by atoms with Gasteiger partial charge in [-0.3, -0.25) is 14.4 Å². The fraction of sp³-hybridized carbons (Fsp3) is 0.286. The van der Waals surface area contributed by atoms with Gasteiger partial charge in [-0.1, -0.05) is 24.3 Å². The van der Waals surface area contributed by atoms with E-state index in [0.29, 0.717) is 12.1 Å². The summed E-state index contributed by atoms with van der Waals surface area (Å²) in [7, 11) is -3.24. The van der Waals surface area contributed by atoms with Crippen LogP contribution in [0.5, 0.6) is 0 Å². The van der Waals surface area contributed by atoms with E-state index in [1.807, 2.05) is 0 Å². The number of carbonyl (C=O) groups excluding carboxylic acids is 3. The molecule has 2 aromatic carbocycles. The van der Waals surface area contributed by atoms with Gasteiger partial charge in [0.05, 0.1) is 17.5 Å². The van der Waals surface area contributed by atoms with Gasteiger partial charge in [0.1, 0.15) is 12.4 Å². The van der Waals surface area contributed by atoms with Gasteiger partial charge in [0.2, 0.25) is 0 Å². The molecule has 1 saturated heterocycles. The van der Waals surface area contributed by atoms with Crippen LogP contribution in [0.1, 0.15) is 16.8 Å². The lowest BCUT2D eigenvalue weighted by Crippen LogP contribution is -2.44.